The van der Waals surface area contributed by atoms with E-state index in [1.807, 2.05) is 24.3 Å². The van der Waals surface area contributed by atoms with Gasteiger partial charge in [0.15, 0.2) is 0 Å². The van der Waals surface area contributed by atoms with E-state index in [0.29, 0.717) is 6.61 Å². The molecule has 4 nitrogen and oxygen atoms in total. The summed E-state index contributed by atoms with van der Waals surface area (Å²) in [6.07, 6.45) is 2.98. The lowest BCUT2D eigenvalue weighted by Crippen LogP contribution is -2.49. The molecule has 1 N–H and O–H groups in total. The van der Waals surface area contributed by atoms with Crippen LogP contribution in [0.1, 0.15) is 30.0 Å². The zero-order chi connectivity index (χ0) is 13.2. The molecule has 2 unspecified atom stereocenters. The Morgan fingerprint density at radius 3 is 2.95 bits per heavy atom. The third kappa shape index (κ3) is 2.38. The summed E-state index contributed by atoms with van der Waals surface area (Å²) in [5.41, 5.74) is 2.12. The fourth-order valence-corrected chi connectivity index (χ4v) is 3.24. The summed E-state index contributed by atoms with van der Waals surface area (Å²) in [5, 5.41) is 9.60. The summed E-state index contributed by atoms with van der Waals surface area (Å²) in [5.74, 6) is -0.752. The molecule has 2 aliphatic heterocycles. The van der Waals surface area contributed by atoms with Crippen LogP contribution in [0, 0.1) is 0 Å². The molecule has 0 amide bonds. The van der Waals surface area contributed by atoms with Gasteiger partial charge in [-0.3, -0.25) is 9.69 Å². The molecule has 2 atom stereocenters. The lowest BCUT2D eigenvalue weighted by atomic mass is 9.90. The SMILES string of the molecule is O=C(O)C1c2ccccc2CCN1C1CCCOC1. The third-order valence-corrected chi connectivity index (χ3v) is 4.16. The quantitative estimate of drug-likeness (QED) is 0.882. The number of carboxylic acids is 1. The van der Waals surface area contributed by atoms with E-state index in [-0.39, 0.29) is 6.04 Å². The summed E-state index contributed by atoms with van der Waals surface area (Å²) in [7, 11) is 0. The first-order chi connectivity index (χ1) is 9.27. The summed E-state index contributed by atoms with van der Waals surface area (Å²) in [4.78, 5) is 13.8. The number of hydrogen-bond donors (Lipinski definition) is 1. The molecule has 0 saturated carbocycles. The van der Waals surface area contributed by atoms with Gasteiger partial charge in [0.1, 0.15) is 6.04 Å². The normalized spacial score (nSPS) is 27.8. The molecular weight excluding hydrogens is 242 g/mol. The Morgan fingerprint density at radius 1 is 1.37 bits per heavy atom. The molecule has 0 aromatic heterocycles. The van der Waals surface area contributed by atoms with Crippen LogP contribution in [0.3, 0.4) is 0 Å². The highest BCUT2D eigenvalue weighted by atomic mass is 16.5. The summed E-state index contributed by atoms with van der Waals surface area (Å²) >= 11 is 0. The Kier molecular flexibility index (Phi) is 3.53. The Hall–Kier alpha value is -1.39. The number of fused-ring (bicyclic) bond motifs is 1. The van der Waals surface area contributed by atoms with Crippen molar-refractivity contribution in [1.82, 2.24) is 4.90 Å². The number of carboxylic acid groups (broad SMARTS) is 1. The number of ether oxygens (including phenoxy) is 1. The first-order valence-electron chi connectivity index (χ1n) is 6.91. The van der Waals surface area contributed by atoms with Gasteiger partial charge in [0.2, 0.25) is 0 Å². The van der Waals surface area contributed by atoms with Crippen LogP contribution in [0.25, 0.3) is 0 Å². The van der Waals surface area contributed by atoms with Crippen LogP contribution in [0.15, 0.2) is 24.3 Å². The van der Waals surface area contributed by atoms with Gasteiger partial charge in [0.25, 0.3) is 0 Å². The van der Waals surface area contributed by atoms with Crippen LogP contribution < -0.4 is 0 Å². The van der Waals surface area contributed by atoms with Gasteiger partial charge in [-0.2, -0.15) is 0 Å². The van der Waals surface area contributed by atoms with E-state index in [1.54, 1.807) is 0 Å². The molecule has 2 heterocycles. The minimum Gasteiger partial charge on any atom is -0.480 e. The maximum absolute atomic E-state index is 11.7. The molecule has 1 fully saturated rings. The first kappa shape index (κ1) is 12.6. The molecule has 1 aromatic rings. The van der Waals surface area contributed by atoms with Crippen molar-refractivity contribution in [2.45, 2.75) is 31.3 Å². The van der Waals surface area contributed by atoms with E-state index in [9.17, 15) is 9.90 Å². The van der Waals surface area contributed by atoms with Crippen molar-refractivity contribution in [3.8, 4) is 0 Å². The van der Waals surface area contributed by atoms with Gasteiger partial charge < -0.3 is 9.84 Å². The fraction of sp³-hybridized carbons (Fsp3) is 0.533. The molecule has 0 radical (unpaired) electrons. The second-order valence-electron chi connectivity index (χ2n) is 5.30. The van der Waals surface area contributed by atoms with Crippen LogP contribution in [0.5, 0.6) is 0 Å². The molecule has 2 aliphatic rings. The molecule has 1 saturated heterocycles. The van der Waals surface area contributed by atoms with Gasteiger partial charge in [-0.15, -0.1) is 0 Å². The second kappa shape index (κ2) is 5.31. The average molecular weight is 261 g/mol. The summed E-state index contributed by atoms with van der Waals surface area (Å²) in [6, 6.07) is 7.62. The van der Waals surface area contributed by atoms with Crippen LogP contribution in [0.2, 0.25) is 0 Å². The lowest BCUT2D eigenvalue weighted by molar-refractivity contribution is -0.146. The van der Waals surface area contributed by atoms with E-state index < -0.39 is 12.0 Å². The number of rotatable bonds is 2. The first-order valence-corrected chi connectivity index (χ1v) is 6.91. The van der Waals surface area contributed by atoms with Crippen LogP contribution in [-0.4, -0.2) is 41.8 Å². The molecule has 0 bridgehead atoms. The van der Waals surface area contributed by atoms with E-state index in [4.69, 9.17) is 4.74 Å². The minimum absolute atomic E-state index is 0.239. The van der Waals surface area contributed by atoms with Crippen molar-refractivity contribution < 1.29 is 14.6 Å². The van der Waals surface area contributed by atoms with E-state index in [2.05, 4.69) is 4.90 Å². The maximum Gasteiger partial charge on any atom is 0.325 e. The van der Waals surface area contributed by atoms with E-state index in [0.717, 1.165) is 38.0 Å². The van der Waals surface area contributed by atoms with Gasteiger partial charge in [-0.25, -0.2) is 0 Å². The molecular formula is C15H19NO3. The van der Waals surface area contributed by atoms with Crippen molar-refractivity contribution in [1.29, 1.82) is 0 Å². The summed E-state index contributed by atoms with van der Waals surface area (Å²) in [6.45, 7) is 2.27. The molecule has 102 valence electrons. The standard InChI is InChI=1S/C15H19NO3/c17-15(18)14-13-6-2-1-4-11(13)7-8-16(14)12-5-3-9-19-10-12/h1-2,4,6,12,14H,3,5,7-10H2,(H,17,18). The predicted octanol–water partition coefficient (Wildman–Crippen LogP) is 1.85. The number of nitrogens with zero attached hydrogens (tertiary/aromatic N) is 1. The highest BCUT2D eigenvalue weighted by Gasteiger charge is 2.37. The highest BCUT2D eigenvalue weighted by Crippen LogP contribution is 2.33. The smallest absolute Gasteiger partial charge is 0.325 e. The Bertz CT molecular complexity index is 468. The van der Waals surface area contributed by atoms with Crippen LogP contribution in [-0.2, 0) is 16.0 Å². The average Bonchev–Trinajstić information content (AvgIpc) is 2.46. The zero-order valence-electron chi connectivity index (χ0n) is 10.9. The van der Waals surface area contributed by atoms with Gasteiger partial charge in [0, 0.05) is 19.2 Å². The molecule has 3 rings (SSSR count). The number of hydrogen-bond acceptors (Lipinski definition) is 3. The molecule has 4 heteroatoms. The van der Waals surface area contributed by atoms with Crippen molar-refractivity contribution in [3.63, 3.8) is 0 Å². The van der Waals surface area contributed by atoms with Crippen molar-refractivity contribution >= 4 is 5.97 Å². The highest BCUT2D eigenvalue weighted by molar-refractivity contribution is 5.76. The van der Waals surface area contributed by atoms with Crippen LogP contribution >= 0.6 is 0 Å². The molecule has 0 spiro atoms. The Balaban J connectivity index is 1.91. The number of benzene rings is 1. The predicted molar refractivity (Wildman–Crippen MR) is 71.1 cm³/mol. The van der Waals surface area contributed by atoms with E-state index in [1.165, 1.54) is 5.56 Å². The van der Waals surface area contributed by atoms with Gasteiger partial charge in [-0.1, -0.05) is 24.3 Å². The molecule has 19 heavy (non-hydrogen) atoms. The van der Waals surface area contributed by atoms with E-state index >= 15 is 0 Å². The van der Waals surface area contributed by atoms with Crippen molar-refractivity contribution in [2.75, 3.05) is 19.8 Å². The third-order valence-electron chi connectivity index (χ3n) is 4.16. The Labute approximate surface area is 113 Å². The van der Waals surface area contributed by atoms with Crippen molar-refractivity contribution in [2.24, 2.45) is 0 Å². The summed E-state index contributed by atoms with van der Waals surface area (Å²) < 4.78 is 5.52. The zero-order valence-corrected chi connectivity index (χ0v) is 10.9. The Morgan fingerprint density at radius 2 is 2.21 bits per heavy atom. The second-order valence-corrected chi connectivity index (χ2v) is 5.30. The van der Waals surface area contributed by atoms with Gasteiger partial charge in [-0.05, 0) is 30.4 Å². The number of aliphatic carboxylic acids is 1. The lowest BCUT2D eigenvalue weighted by Gasteiger charge is -2.41. The fourth-order valence-electron chi connectivity index (χ4n) is 3.24. The van der Waals surface area contributed by atoms with Crippen molar-refractivity contribution in [3.05, 3.63) is 35.4 Å². The molecule has 0 aliphatic carbocycles. The maximum atomic E-state index is 11.7. The number of carbonyl (C=O) groups is 1. The van der Waals surface area contributed by atoms with Gasteiger partial charge in [0.05, 0.1) is 6.61 Å². The van der Waals surface area contributed by atoms with Gasteiger partial charge >= 0.3 is 5.97 Å². The topological polar surface area (TPSA) is 49.8 Å². The van der Waals surface area contributed by atoms with Crippen LogP contribution in [0.4, 0.5) is 0 Å². The monoisotopic (exact) mass is 261 g/mol. The largest absolute Gasteiger partial charge is 0.480 e. The minimum atomic E-state index is -0.752. The molecule has 1 aromatic carbocycles.